The molecule has 0 amide bonds. The highest BCUT2D eigenvalue weighted by Gasteiger charge is 2.18. The lowest BCUT2D eigenvalue weighted by Gasteiger charge is -2.08. The number of ether oxygens (including phenoxy) is 2. The third-order valence-electron chi connectivity index (χ3n) is 2.40. The molecule has 2 aromatic rings. The Morgan fingerprint density at radius 1 is 1.40 bits per heavy atom. The molecular weight excluding hydrogens is 330 g/mol. The SMILES string of the molecule is COc1ccc([N+](=O)[O-])c(Oc2ncc(N)cc2Br)c1. The Labute approximate surface area is 122 Å². The van der Waals surface area contributed by atoms with Gasteiger partial charge in [0.15, 0.2) is 0 Å². The van der Waals surface area contributed by atoms with Crippen LogP contribution in [0.5, 0.6) is 17.4 Å². The molecule has 7 nitrogen and oxygen atoms in total. The van der Waals surface area contributed by atoms with E-state index in [9.17, 15) is 10.1 Å². The fourth-order valence-electron chi connectivity index (χ4n) is 1.47. The van der Waals surface area contributed by atoms with Gasteiger partial charge in [-0.05, 0) is 28.1 Å². The predicted molar refractivity (Wildman–Crippen MR) is 76.1 cm³/mol. The number of methoxy groups -OCH3 is 1. The largest absolute Gasteiger partial charge is 0.497 e. The van der Waals surface area contributed by atoms with E-state index < -0.39 is 4.92 Å². The maximum atomic E-state index is 11.0. The summed E-state index contributed by atoms with van der Waals surface area (Å²) in [7, 11) is 1.46. The lowest BCUT2D eigenvalue weighted by atomic mass is 10.3. The van der Waals surface area contributed by atoms with Crippen molar-refractivity contribution < 1.29 is 14.4 Å². The van der Waals surface area contributed by atoms with Crippen LogP contribution in [-0.4, -0.2) is 17.0 Å². The van der Waals surface area contributed by atoms with Crippen LogP contribution in [0.2, 0.25) is 0 Å². The van der Waals surface area contributed by atoms with Crippen LogP contribution in [0.3, 0.4) is 0 Å². The van der Waals surface area contributed by atoms with Crippen LogP contribution >= 0.6 is 15.9 Å². The molecular formula is C12H10BrN3O4. The minimum atomic E-state index is -0.542. The smallest absolute Gasteiger partial charge is 0.311 e. The lowest BCUT2D eigenvalue weighted by Crippen LogP contribution is -1.97. The monoisotopic (exact) mass is 339 g/mol. The van der Waals surface area contributed by atoms with E-state index in [1.54, 1.807) is 6.07 Å². The summed E-state index contributed by atoms with van der Waals surface area (Å²) < 4.78 is 11.0. The summed E-state index contributed by atoms with van der Waals surface area (Å²) in [6.45, 7) is 0. The highest BCUT2D eigenvalue weighted by Crippen LogP contribution is 2.36. The number of benzene rings is 1. The highest BCUT2D eigenvalue weighted by atomic mass is 79.9. The molecule has 0 spiro atoms. The zero-order valence-corrected chi connectivity index (χ0v) is 12.0. The van der Waals surface area contributed by atoms with Gasteiger partial charge in [0, 0.05) is 12.1 Å². The quantitative estimate of drug-likeness (QED) is 0.678. The van der Waals surface area contributed by atoms with E-state index in [4.69, 9.17) is 15.2 Å². The molecule has 0 unspecified atom stereocenters. The van der Waals surface area contributed by atoms with Crippen molar-refractivity contribution in [1.29, 1.82) is 0 Å². The first kappa shape index (κ1) is 14.1. The fourth-order valence-corrected chi connectivity index (χ4v) is 1.92. The molecule has 0 aliphatic heterocycles. The molecule has 8 heteroatoms. The summed E-state index contributed by atoms with van der Waals surface area (Å²) in [4.78, 5) is 14.4. The highest BCUT2D eigenvalue weighted by molar-refractivity contribution is 9.10. The van der Waals surface area contributed by atoms with Crippen LogP contribution in [-0.2, 0) is 0 Å². The van der Waals surface area contributed by atoms with Crippen LogP contribution in [0.15, 0.2) is 34.9 Å². The number of halogens is 1. The molecule has 0 saturated heterocycles. The minimum Gasteiger partial charge on any atom is -0.497 e. The summed E-state index contributed by atoms with van der Waals surface area (Å²) in [5.74, 6) is 0.653. The Balaban J connectivity index is 2.43. The van der Waals surface area contributed by atoms with Gasteiger partial charge in [0.1, 0.15) is 5.75 Å². The average molecular weight is 340 g/mol. The van der Waals surface area contributed by atoms with E-state index in [1.165, 1.54) is 31.5 Å². The van der Waals surface area contributed by atoms with Crippen LogP contribution in [0, 0.1) is 10.1 Å². The number of nitro benzene ring substituents is 1. The van der Waals surface area contributed by atoms with Crippen molar-refractivity contribution in [2.24, 2.45) is 0 Å². The van der Waals surface area contributed by atoms with E-state index in [2.05, 4.69) is 20.9 Å². The predicted octanol–water partition coefficient (Wildman–Crippen LogP) is 3.14. The van der Waals surface area contributed by atoms with Crippen molar-refractivity contribution in [3.63, 3.8) is 0 Å². The summed E-state index contributed by atoms with van der Waals surface area (Å²) in [5.41, 5.74) is 5.83. The number of hydrogen-bond donors (Lipinski definition) is 1. The number of nitro groups is 1. The van der Waals surface area contributed by atoms with Gasteiger partial charge in [0.05, 0.1) is 28.4 Å². The molecule has 2 N–H and O–H groups in total. The number of rotatable bonds is 4. The molecule has 0 fully saturated rings. The van der Waals surface area contributed by atoms with Crippen LogP contribution < -0.4 is 15.2 Å². The van der Waals surface area contributed by atoms with E-state index in [1.807, 2.05) is 0 Å². The van der Waals surface area contributed by atoms with Gasteiger partial charge in [-0.15, -0.1) is 0 Å². The summed E-state index contributed by atoms with van der Waals surface area (Å²) >= 11 is 3.23. The minimum absolute atomic E-state index is 0.0346. The van der Waals surface area contributed by atoms with Crippen molar-refractivity contribution in [2.75, 3.05) is 12.8 Å². The second-order valence-corrected chi connectivity index (χ2v) is 4.60. The zero-order valence-electron chi connectivity index (χ0n) is 10.4. The second kappa shape index (κ2) is 5.74. The number of nitrogen functional groups attached to an aromatic ring is 1. The molecule has 0 saturated carbocycles. The Bertz CT molecular complexity index is 663. The van der Waals surface area contributed by atoms with Crippen LogP contribution in [0.1, 0.15) is 0 Å². The van der Waals surface area contributed by atoms with Gasteiger partial charge < -0.3 is 15.2 Å². The number of aromatic nitrogens is 1. The Morgan fingerprint density at radius 2 is 2.15 bits per heavy atom. The third kappa shape index (κ3) is 2.97. The summed E-state index contributed by atoms with van der Waals surface area (Å²) in [5, 5.41) is 11.0. The molecule has 0 aliphatic carbocycles. The number of hydrogen-bond acceptors (Lipinski definition) is 6. The second-order valence-electron chi connectivity index (χ2n) is 3.75. The molecule has 0 atom stereocenters. The number of anilines is 1. The molecule has 2 rings (SSSR count). The average Bonchev–Trinajstić information content (AvgIpc) is 2.41. The summed E-state index contributed by atoms with van der Waals surface area (Å²) in [6, 6.07) is 5.80. The topological polar surface area (TPSA) is 101 Å². The molecule has 0 bridgehead atoms. The lowest BCUT2D eigenvalue weighted by molar-refractivity contribution is -0.385. The van der Waals surface area contributed by atoms with E-state index in [0.29, 0.717) is 15.9 Å². The van der Waals surface area contributed by atoms with Crippen molar-refractivity contribution in [2.45, 2.75) is 0 Å². The Kier molecular flexibility index (Phi) is 4.04. The fraction of sp³-hybridized carbons (Fsp3) is 0.0833. The molecule has 0 radical (unpaired) electrons. The van der Waals surface area contributed by atoms with Gasteiger partial charge in [-0.2, -0.15) is 0 Å². The van der Waals surface area contributed by atoms with Crippen LogP contribution in [0.4, 0.5) is 11.4 Å². The molecule has 1 aromatic carbocycles. The van der Waals surface area contributed by atoms with Gasteiger partial charge in [0.25, 0.3) is 0 Å². The Morgan fingerprint density at radius 3 is 2.75 bits per heavy atom. The van der Waals surface area contributed by atoms with Gasteiger partial charge in [-0.1, -0.05) is 0 Å². The normalized spacial score (nSPS) is 10.1. The molecule has 104 valence electrons. The van der Waals surface area contributed by atoms with Crippen LogP contribution in [0.25, 0.3) is 0 Å². The standard InChI is InChI=1S/C12H10BrN3O4/c1-19-8-2-3-10(16(17)18)11(5-8)20-12-9(13)4-7(14)6-15-12/h2-6H,14H2,1H3. The van der Waals surface area contributed by atoms with Gasteiger partial charge in [-0.3, -0.25) is 10.1 Å². The first-order valence-electron chi connectivity index (χ1n) is 5.42. The zero-order chi connectivity index (χ0) is 14.7. The maximum absolute atomic E-state index is 11.0. The number of nitrogens with two attached hydrogens (primary N) is 1. The third-order valence-corrected chi connectivity index (χ3v) is 2.97. The maximum Gasteiger partial charge on any atom is 0.311 e. The Hall–Kier alpha value is -2.35. The summed E-state index contributed by atoms with van der Waals surface area (Å²) in [6.07, 6.45) is 1.39. The van der Waals surface area contributed by atoms with E-state index in [0.717, 1.165) is 0 Å². The molecule has 1 aromatic heterocycles. The number of pyridine rings is 1. The molecule has 20 heavy (non-hydrogen) atoms. The van der Waals surface area contributed by atoms with Crippen molar-refractivity contribution in [3.8, 4) is 17.4 Å². The molecule has 1 heterocycles. The van der Waals surface area contributed by atoms with Gasteiger partial charge in [-0.25, -0.2) is 4.98 Å². The first-order valence-corrected chi connectivity index (χ1v) is 6.22. The first-order chi connectivity index (χ1) is 9.51. The van der Waals surface area contributed by atoms with Crippen molar-refractivity contribution in [1.82, 2.24) is 4.98 Å². The van der Waals surface area contributed by atoms with Gasteiger partial charge in [0.2, 0.25) is 11.6 Å². The van der Waals surface area contributed by atoms with E-state index in [-0.39, 0.29) is 17.3 Å². The number of nitrogens with zero attached hydrogens (tertiary/aromatic N) is 2. The van der Waals surface area contributed by atoms with Crippen molar-refractivity contribution >= 4 is 27.3 Å². The molecule has 0 aliphatic rings. The van der Waals surface area contributed by atoms with Gasteiger partial charge >= 0.3 is 5.69 Å². The van der Waals surface area contributed by atoms with Crippen molar-refractivity contribution in [3.05, 3.63) is 45.0 Å². The van der Waals surface area contributed by atoms with E-state index >= 15 is 0 Å².